The van der Waals surface area contributed by atoms with Crippen LogP contribution in [0.2, 0.25) is 0 Å². The molecule has 0 spiro atoms. The van der Waals surface area contributed by atoms with E-state index in [0.29, 0.717) is 10.9 Å². The number of nitrogens with one attached hydrogen (secondary N) is 1. The van der Waals surface area contributed by atoms with E-state index in [1.807, 2.05) is 24.3 Å². The minimum absolute atomic E-state index is 0.00338. The molecule has 0 aliphatic carbocycles. The number of carbonyl (C=O) groups excluding carboxylic acids is 3. The monoisotopic (exact) mass is 388 g/mol. The predicted molar refractivity (Wildman–Crippen MR) is 106 cm³/mol. The minimum Gasteiger partial charge on any atom is -0.465 e. The van der Waals surface area contributed by atoms with Crippen molar-refractivity contribution in [3.05, 3.63) is 77.1 Å². The Kier molecular flexibility index (Phi) is 4.56. The molecule has 0 fully saturated rings. The van der Waals surface area contributed by atoms with E-state index >= 15 is 0 Å². The van der Waals surface area contributed by atoms with Gasteiger partial charge < -0.3 is 14.5 Å². The lowest BCUT2D eigenvalue weighted by Gasteiger charge is -2.09. The number of fused-ring (bicyclic) bond motifs is 3. The van der Waals surface area contributed by atoms with Crippen LogP contribution in [0.5, 0.6) is 0 Å². The molecule has 7 heteroatoms. The summed E-state index contributed by atoms with van der Waals surface area (Å²) in [5.74, 6) is -1.80. The molecule has 4 rings (SSSR count). The Labute approximate surface area is 165 Å². The van der Waals surface area contributed by atoms with Crippen LogP contribution in [-0.4, -0.2) is 41.9 Å². The first-order valence-corrected chi connectivity index (χ1v) is 8.77. The van der Waals surface area contributed by atoms with Crippen LogP contribution in [0.15, 0.2) is 54.6 Å². The van der Waals surface area contributed by atoms with Gasteiger partial charge in [0.1, 0.15) is 11.4 Å². The molecule has 0 saturated heterocycles. The van der Waals surface area contributed by atoms with Crippen molar-refractivity contribution in [2.75, 3.05) is 14.2 Å². The zero-order valence-corrected chi connectivity index (χ0v) is 15.7. The second kappa shape index (κ2) is 7.20. The van der Waals surface area contributed by atoms with Crippen LogP contribution < -0.4 is 0 Å². The molecule has 144 valence electrons. The van der Waals surface area contributed by atoms with Crippen LogP contribution in [0.4, 0.5) is 0 Å². The van der Waals surface area contributed by atoms with Gasteiger partial charge in [-0.2, -0.15) is 0 Å². The number of para-hydroxylation sites is 1. The van der Waals surface area contributed by atoms with Crippen molar-refractivity contribution in [1.29, 1.82) is 0 Å². The maximum absolute atomic E-state index is 13.4. The Morgan fingerprint density at radius 1 is 0.828 bits per heavy atom. The molecule has 0 unspecified atom stereocenters. The van der Waals surface area contributed by atoms with Crippen LogP contribution in [0.1, 0.15) is 36.9 Å². The van der Waals surface area contributed by atoms with E-state index in [1.165, 1.54) is 26.4 Å². The molecule has 7 nitrogen and oxygen atoms in total. The number of hydrogen-bond acceptors (Lipinski definition) is 6. The summed E-state index contributed by atoms with van der Waals surface area (Å²) in [7, 11) is 2.49. The Morgan fingerprint density at radius 2 is 1.48 bits per heavy atom. The van der Waals surface area contributed by atoms with Crippen LogP contribution in [0, 0.1) is 0 Å². The standard InChI is InChI=1S/C22H16N2O5/c1-28-21(26)14-9-4-3-8-13(14)20(25)19-18-15(11-17(24-19)22(27)29-2)12-7-5-6-10-16(12)23-18/h3-11,23H,1-2H3. The number of pyridine rings is 1. The Morgan fingerprint density at radius 3 is 2.21 bits per heavy atom. The summed E-state index contributed by atoms with van der Waals surface area (Å²) in [6.45, 7) is 0. The van der Waals surface area contributed by atoms with Gasteiger partial charge in [-0.3, -0.25) is 4.79 Å². The summed E-state index contributed by atoms with van der Waals surface area (Å²) in [5.41, 5.74) is 1.55. The molecular formula is C22H16N2O5. The summed E-state index contributed by atoms with van der Waals surface area (Å²) in [6, 6.07) is 15.4. The highest BCUT2D eigenvalue weighted by atomic mass is 16.5. The molecule has 2 aromatic carbocycles. The van der Waals surface area contributed by atoms with Crippen molar-refractivity contribution in [2.24, 2.45) is 0 Å². The summed E-state index contributed by atoms with van der Waals surface area (Å²) >= 11 is 0. The van der Waals surface area contributed by atoms with E-state index in [9.17, 15) is 14.4 Å². The van der Waals surface area contributed by atoms with Gasteiger partial charge in [-0.1, -0.05) is 36.4 Å². The molecule has 2 aromatic heterocycles. The number of rotatable bonds is 4. The number of carbonyl (C=O) groups is 3. The van der Waals surface area contributed by atoms with E-state index in [4.69, 9.17) is 9.47 Å². The Hall–Kier alpha value is -4.00. The molecular weight excluding hydrogens is 372 g/mol. The molecule has 1 N–H and O–H groups in total. The lowest BCUT2D eigenvalue weighted by molar-refractivity contribution is 0.0586. The third-order valence-electron chi connectivity index (χ3n) is 4.68. The van der Waals surface area contributed by atoms with Crippen LogP contribution in [0.25, 0.3) is 21.8 Å². The number of aromatic nitrogens is 2. The maximum atomic E-state index is 13.4. The van der Waals surface area contributed by atoms with Gasteiger partial charge in [-0.05, 0) is 18.2 Å². The predicted octanol–water partition coefficient (Wildman–Crippen LogP) is 3.52. The average molecular weight is 388 g/mol. The Balaban J connectivity index is 2.01. The van der Waals surface area contributed by atoms with E-state index in [0.717, 1.165) is 10.9 Å². The fourth-order valence-electron chi connectivity index (χ4n) is 3.32. The first kappa shape index (κ1) is 18.4. The van der Waals surface area contributed by atoms with Gasteiger partial charge in [0.05, 0.1) is 25.3 Å². The molecule has 4 aromatic rings. The average Bonchev–Trinajstić information content (AvgIpc) is 3.15. The molecule has 29 heavy (non-hydrogen) atoms. The zero-order chi connectivity index (χ0) is 20.5. The zero-order valence-electron chi connectivity index (χ0n) is 15.7. The Bertz CT molecular complexity index is 1290. The van der Waals surface area contributed by atoms with Gasteiger partial charge in [0.15, 0.2) is 0 Å². The van der Waals surface area contributed by atoms with E-state index < -0.39 is 17.7 Å². The van der Waals surface area contributed by atoms with Crippen molar-refractivity contribution in [2.45, 2.75) is 0 Å². The fourth-order valence-corrected chi connectivity index (χ4v) is 3.32. The van der Waals surface area contributed by atoms with Gasteiger partial charge in [-0.25, -0.2) is 14.6 Å². The molecule has 0 saturated carbocycles. The van der Waals surface area contributed by atoms with Crippen molar-refractivity contribution >= 4 is 39.5 Å². The number of H-pyrrole nitrogens is 1. The SMILES string of the molecule is COC(=O)c1cc2c([nH]c3ccccc32)c(C(=O)c2ccccc2C(=O)OC)n1. The summed E-state index contributed by atoms with van der Waals surface area (Å²) in [4.78, 5) is 45.1. The normalized spacial score (nSPS) is 10.8. The quantitative estimate of drug-likeness (QED) is 0.424. The van der Waals surface area contributed by atoms with Crippen LogP contribution in [-0.2, 0) is 9.47 Å². The first-order chi connectivity index (χ1) is 14.0. The third-order valence-corrected chi connectivity index (χ3v) is 4.68. The van der Waals surface area contributed by atoms with Crippen LogP contribution in [0.3, 0.4) is 0 Å². The van der Waals surface area contributed by atoms with E-state index in [2.05, 4.69) is 9.97 Å². The van der Waals surface area contributed by atoms with Crippen molar-refractivity contribution in [1.82, 2.24) is 9.97 Å². The van der Waals surface area contributed by atoms with Gasteiger partial charge in [0, 0.05) is 21.9 Å². The largest absolute Gasteiger partial charge is 0.465 e. The summed E-state index contributed by atoms with van der Waals surface area (Å²) < 4.78 is 9.58. The molecule has 0 aliphatic heterocycles. The number of ether oxygens (including phenoxy) is 2. The lowest BCUT2D eigenvalue weighted by Crippen LogP contribution is -2.15. The molecule has 0 amide bonds. The molecule has 2 heterocycles. The van der Waals surface area contributed by atoms with Crippen LogP contribution >= 0.6 is 0 Å². The third kappa shape index (κ3) is 3.02. The van der Waals surface area contributed by atoms with Crippen molar-refractivity contribution < 1.29 is 23.9 Å². The number of methoxy groups -OCH3 is 2. The molecule has 0 atom stereocenters. The second-order valence-corrected chi connectivity index (χ2v) is 6.31. The molecule has 0 bridgehead atoms. The fraction of sp³-hybridized carbons (Fsp3) is 0.0909. The highest BCUT2D eigenvalue weighted by Crippen LogP contribution is 2.29. The number of esters is 2. The topological polar surface area (TPSA) is 98.4 Å². The number of ketones is 1. The second-order valence-electron chi connectivity index (χ2n) is 6.31. The number of aromatic amines is 1. The number of hydrogen-bond donors (Lipinski definition) is 1. The number of benzene rings is 2. The summed E-state index contributed by atoms with van der Waals surface area (Å²) in [6.07, 6.45) is 0. The van der Waals surface area contributed by atoms with Gasteiger partial charge in [-0.15, -0.1) is 0 Å². The van der Waals surface area contributed by atoms with Crippen molar-refractivity contribution in [3.8, 4) is 0 Å². The molecule has 0 radical (unpaired) electrons. The van der Waals surface area contributed by atoms with Gasteiger partial charge in [0.2, 0.25) is 5.78 Å². The van der Waals surface area contributed by atoms with Gasteiger partial charge in [0.25, 0.3) is 0 Å². The lowest BCUT2D eigenvalue weighted by atomic mass is 9.99. The maximum Gasteiger partial charge on any atom is 0.356 e. The smallest absolute Gasteiger partial charge is 0.356 e. The first-order valence-electron chi connectivity index (χ1n) is 8.77. The number of nitrogens with zero attached hydrogens (tertiary/aromatic N) is 1. The van der Waals surface area contributed by atoms with Gasteiger partial charge >= 0.3 is 11.9 Å². The highest BCUT2D eigenvalue weighted by Gasteiger charge is 2.25. The van der Waals surface area contributed by atoms with Crippen molar-refractivity contribution in [3.63, 3.8) is 0 Å². The highest BCUT2D eigenvalue weighted by molar-refractivity contribution is 6.22. The molecule has 0 aliphatic rings. The summed E-state index contributed by atoms with van der Waals surface area (Å²) in [5, 5.41) is 1.50. The van der Waals surface area contributed by atoms with E-state index in [1.54, 1.807) is 18.2 Å². The van der Waals surface area contributed by atoms with E-state index in [-0.39, 0.29) is 22.5 Å². The minimum atomic E-state index is -0.660.